The smallest absolute Gasteiger partial charge is 0.247 e. The third-order valence-corrected chi connectivity index (χ3v) is 7.27. The molecule has 1 atom stereocenters. The van der Waals surface area contributed by atoms with Crippen LogP contribution in [-0.4, -0.2) is 22.8 Å². The van der Waals surface area contributed by atoms with Crippen molar-refractivity contribution in [2.75, 3.05) is 12.1 Å². The summed E-state index contributed by atoms with van der Waals surface area (Å²) in [6, 6.07) is 28.0. The second-order valence-electron chi connectivity index (χ2n) is 8.23. The van der Waals surface area contributed by atoms with E-state index in [9.17, 15) is 0 Å². The van der Waals surface area contributed by atoms with Crippen LogP contribution in [0.1, 0.15) is 22.9 Å². The zero-order chi connectivity index (χ0) is 23.8. The fraction of sp³-hybridized carbons (Fsp3) is 0.107. The second kappa shape index (κ2) is 9.13. The van der Waals surface area contributed by atoms with Crippen molar-refractivity contribution < 1.29 is 4.74 Å². The molecule has 0 amide bonds. The SMILES string of the molecule is COc1ccccc1[C@@H]1CC(c2cccs2)=NN1c1nc(-c2ccccc2)c2cc(Cl)ccc2n1. The van der Waals surface area contributed by atoms with Crippen molar-refractivity contribution in [2.45, 2.75) is 12.5 Å². The Hall–Kier alpha value is -3.74. The number of anilines is 1. The first kappa shape index (κ1) is 21.8. The molecule has 7 heteroatoms. The van der Waals surface area contributed by atoms with Gasteiger partial charge < -0.3 is 4.74 Å². The van der Waals surface area contributed by atoms with E-state index in [-0.39, 0.29) is 6.04 Å². The third kappa shape index (κ3) is 4.05. The number of benzene rings is 3. The molecule has 3 heterocycles. The van der Waals surface area contributed by atoms with Gasteiger partial charge in [0.2, 0.25) is 5.95 Å². The fourth-order valence-electron chi connectivity index (χ4n) is 4.48. The number of nitrogens with zero attached hydrogens (tertiary/aromatic N) is 4. The molecule has 0 saturated heterocycles. The van der Waals surface area contributed by atoms with Crippen molar-refractivity contribution in [1.29, 1.82) is 0 Å². The average Bonchev–Trinajstić information content (AvgIpc) is 3.59. The molecule has 0 radical (unpaired) electrons. The second-order valence-corrected chi connectivity index (χ2v) is 9.61. The summed E-state index contributed by atoms with van der Waals surface area (Å²) >= 11 is 8.04. The number of halogens is 1. The van der Waals surface area contributed by atoms with Crippen molar-refractivity contribution in [3.63, 3.8) is 0 Å². The molecule has 3 aromatic carbocycles. The normalized spacial score (nSPS) is 15.4. The first-order valence-electron chi connectivity index (χ1n) is 11.3. The Bertz CT molecular complexity index is 1540. The zero-order valence-corrected chi connectivity index (χ0v) is 20.5. The van der Waals surface area contributed by atoms with E-state index in [1.54, 1.807) is 18.4 Å². The van der Waals surface area contributed by atoms with Crippen LogP contribution < -0.4 is 9.75 Å². The van der Waals surface area contributed by atoms with E-state index in [0.717, 1.165) is 50.5 Å². The molecule has 0 spiro atoms. The maximum Gasteiger partial charge on any atom is 0.247 e. The van der Waals surface area contributed by atoms with Gasteiger partial charge in [-0.1, -0.05) is 66.2 Å². The summed E-state index contributed by atoms with van der Waals surface area (Å²) < 4.78 is 5.71. The summed E-state index contributed by atoms with van der Waals surface area (Å²) in [7, 11) is 1.70. The maximum atomic E-state index is 6.36. The van der Waals surface area contributed by atoms with Crippen LogP contribution in [0.15, 0.2) is 95.4 Å². The number of hydrazone groups is 1. The Labute approximate surface area is 212 Å². The van der Waals surface area contributed by atoms with Crippen molar-refractivity contribution in [1.82, 2.24) is 9.97 Å². The quantitative estimate of drug-likeness (QED) is 0.255. The van der Waals surface area contributed by atoms with Gasteiger partial charge >= 0.3 is 0 Å². The summed E-state index contributed by atoms with van der Waals surface area (Å²) in [6.07, 6.45) is 0.726. The summed E-state index contributed by atoms with van der Waals surface area (Å²) in [5.41, 5.74) is 4.70. The van der Waals surface area contributed by atoms with E-state index in [1.807, 2.05) is 65.7 Å². The molecule has 0 N–H and O–H groups in total. The van der Waals surface area contributed by atoms with Gasteiger partial charge in [-0.2, -0.15) is 5.10 Å². The van der Waals surface area contributed by atoms with Crippen molar-refractivity contribution >= 4 is 45.5 Å². The van der Waals surface area contributed by atoms with E-state index in [0.29, 0.717) is 11.0 Å². The van der Waals surface area contributed by atoms with E-state index >= 15 is 0 Å². The monoisotopic (exact) mass is 496 g/mol. The molecule has 1 aliphatic heterocycles. The number of rotatable bonds is 5. The van der Waals surface area contributed by atoms with Gasteiger partial charge in [-0.25, -0.2) is 15.0 Å². The standard InChI is InChI=1S/C28H21ClN4OS/c1-34-25-11-6-5-10-20(25)24-17-23(26-12-7-15-35-26)32-33(24)28-30-22-14-13-19(29)16-21(22)27(31-28)18-8-3-2-4-9-18/h2-16,24H,17H2,1H3/t24-/m0/s1. The Balaban J connectivity index is 1.56. The number of hydrogen-bond acceptors (Lipinski definition) is 6. The predicted octanol–water partition coefficient (Wildman–Crippen LogP) is 7.38. The number of thiophene rings is 1. The lowest BCUT2D eigenvalue weighted by molar-refractivity contribution is 0.405. The van der Waals surface area contributed by atoms with Crippen LogP contribution in [-0.2, 0) is 0 Å². The van der Waals surface area contributed by atoms with Gasteiger partial charge in [-0.05, 0) is 35.7 Å². The lowest BCUT2D eigenvalue weighted by atomic mass is 10.0. The number of hydrogen-bond donors (Lipinski definition) is 0. The van der Waals surface area contributed by atoms with Gasteiger partial charge in [-0.3, -0.25) is 0 Å². The molecule has 0 saturated carbocycles. The largest absolute Gasteiger partial charge is 0.496 e. The Morgan fingerprint density at radius 3 is 2.57 bits per heavy atom. The van der Waals surface area contributed by atoms with E-state index in [4.69, 9.17) is 31.4 Å². The van der Waals surface area contributed by atoms with Crippen LogP contribution in [0, 0.1) is 0 Å². The Kier molecular flexibility index (Phi) is 5.68. The predicted molar refractivity (Wildman–Crippen MR) is 144 cm³/mol. The molecule has 0 bridgehead atoms. The molecule has 5 aromatic rings. The van der Waals surface area contributed by atoms with Gasteiger partial charge in [0.1, 0.15) is 5.75 Å². The highest BCUT2D eigenvalue weighted by Crippen LogP contribution is 2.41. The minimum Gasteiger partial charge on any atom is -0.496 e. The molecule has 0 unspecified atom stereocenters. The fourth-order valence-corrected chi connectivity index (χ4v) is 5.37. The highest BCUT2D eigenvalue weighted by atomic mass is 35.5. The topological polar surface area (TPSA) is 50.6 Å². The molecule has 5 nitrogen and oxygen atoms in total. The van der Waals surface area contributed by atoms with Crippen LogP contribution in [0.25, 0.3) is 22.2 Å². The lowest BCUT2D eigenvalue weighted by Gasteiger charge is -2.24. The van der Waals surface area contributed by atoms with Crippen molar-refractivity contribution in [3.05, 3.63) is 106 Å². The molecule has 6 rings (SSSR count). The number of aromatic nitrogens is 2. The summed E-state index contributed by atoms with van der Waals surface area (Å²) in [5.74, 6) is 1.36. The molecular weight excluding hydrogens is 476 g/mol. The summed E-state index contributed by atoms with van der Waals surface area (Å²) in [5, 5.41) is 10.6. The van der Waals surface area contributed by atoms with E-state index in [1.165, 1.54) is 0 Å². The first-order valence-corrected chi connectivity index (χ1v) is 12.5. The summed E-state index contributed by atoms with van der Waals surface area (Å²) in [4.78, 5) is 11.1. The zero-order valence-electron chi connectivity index (χ0n) is 18.9. The van der Waals surface area contributed by atoms with Crippen LogP contribution >= 0.6 is 22.9 Å². The first-order chi connectivity index (χ1) is 17.2. The molecular formula is C28H21ClN4OS. The molecule has 35 heavy (non-hydrogen) atoms. The van der Waals surface area contributed by atoms with E-state index < -0.39 is 0 Å². The van der Waals surface area contributed by atoms with Gasteiger partial charge in [0.15, 0.2) is 0 Å². The van der Waals surface area contributed by atoms with Gasteiger partial charge in [0, 0.05) is 28.0 Å². The van der Waals surface area contributed by atoms with Crippen LogP contribution in [0.2, 0.25) is 5.02 Å². The summed E-state index contributed by atoms with van der Waals surface area (Å²) in [6.45, 7) is 0. The van der Waals surface area contributed by atoms with Crippen LogP contribution in [0.5, 0.6) is 5.75 Å². The highest BCUT2D eigenvalue weighted by Gasteiger charge is 2.34. The average molecular weight is 497 g/mol. The highest BCUT2D eigenvalue weighted by molar-refractivity contribution is 7.12. The molecule has 2 aromatic heterocycles. The van der Waals surface area contributed by atoms with Crippen molar-refractivity contribution in [2.24, 2.45) is 5.10 Å². The van der Waals surface area contributed by atoms with Crippen LogP contribution in [0.3, 0.4) is 0 Å². The Morgan fingerprint density at radius 1 is 0.943 bits per heavy atom. The number of methoxy groups -OCH3 is 1. The third-order valence-electron chi connectivity index (χ3n) is 6.11. The van der Waals surface area contributed by atoms with Crippen molar-refractivity contribution in [3.8, 4) is 17.0 Å². The number of ether oxygens (including phenoxy) is 1. The molecule has 1 aliphatic rings. The number of para-hydroxylation sites is 1. The molecule has 172 valence electrons. The van der Waals surface area contributed by atoms with Gasteiger partial charge in [0.05, 0.1) is 35.0 Å². The minimum atomic E-state index is -0.100. The number of fused-ring (bicyclic) bond motifs is 1. The Morgan fingerprint density at radius 2 is 1.77 bits per heavy atom. The van der Waals surface area contributed by atoms with Gasteiger partial charge in [0.25, 0.3) is 0 Å². The van der Waals surface area contributed by atoms with Gasteiger partial charge in [-0.15, -0.1) is 11.3 Å². The van der Waals surface area contributed by atoms with Crippen LogP contribution in [0.4, 0.5) is 5.95 Å². The lowest BCUT2D eigenvalue weighted by Crippen LogP contribution is -2.21. The molecule has 0 fully saturated rings. The molecule has 0 aliphatic carbocycles. The van der Waals surface area contributed by atoms with E-state index in [2.05, 4.69) is 29.6 Å². The minimum absolute atomic E-state index is 0.100. The maximum absolute atomic E-state index is 6.36.